The fourth-order valence-corrected chi connectivity index (χ4v) is 9.58. The predicted octanol–water partition coefficient (Wildman–Crippen LogP) is 6.25. The molecule has 2 aromatic carbocycles. The van der Waals surface area contributed by atoms with E-state index in [1.54, 1.807) is 18.1 Å². The minimum absolute atomic E-state index is 0.0959. The fourth-order valence-electron chi connectivity index (χ4n) is 9.58. The van der Waals surface area contributed by atoms with E-state index < -0.39 is 18.1 Å². The summed E-state index contributed by atoms with van der Waals surface area (Å²) in [6, 6.07) is 13.1. The molecule has 3 aliphatic heterocycles. The van der Waals surface area contributed by atoms with Crippen LogP contribution < -0.4 is 14.2 Å². The Morgan fingerprint density at radius 1 is 1.07 bits per heavy atom. The Bertz CT molecular complexity index is 1760. The molecule has 1 amide bonds. The van der Waals surface area contributed by atoms with E-state index in [-0.39, 0.29) is 55.8 Å². The number of unbranched alkanes of at least 4 members (excludes halogenated alkanes) is 2. The highest BCUT2D eigenvalue weighted by Gasteiger charge is 2.65. The molecule has 2 aliphatic carbocycles. The zero-order valence-corrected chi connectivity index (χ0v) is 34.4. The quantitative estimate of drug-likeness (QED) is 0.0647. The Labute approximate surface area is 343 Å². The second-order valence-corrected chi connectivity index (χ2v) is 16.4. The summed E-state index contributed by atoms with van der Waals surface area (Å²) < 4.78 is 32.2. The molecule has 3 fully saturated rings. The van der Waals surface area contributed by atoms with E-state index in [4.69, 9.17) is 33.7 Å². The zero-order valence-electron chi connectivity index (χ0n) is 34.4. The summed E-state index contributed by atoms with van der Waals surface area (Å²) in [6.07, 6.45) is 11.7. The molecule has 2 aromatic rings. The van der Waals surface area contributed by atoms with Crippen LogP contribution in [0.2, 0.25) is 0 Å². The zero-order chi connectivity index (χ0) is 40.5. The number of fused-ring (bicyclic) bond motifs is 2. The van der Waals surface area contributed by atoms with Gasteiger partial charge in [0.25, 0.3) is 0 Å². The van der Waals surface area contributed by atoms with Gasteiger partial charge in [0.2, 0.25) is 18.0 Å². The number of methoxy groups -OCH3 is 1. The number of benzene rings is 2. The normalized spacial score (nSPS) is 28.1. The van der Waals surface area contributed by atoms with Crippen molar-refractivity contribution in [1.82, 2.24) is 9.80 Å². The Morgan fingerprint density at radius 3 is 2.64 bits per heavy atom. The van der Waals surface area contributed by atoms with Crippen LogP contribution in [0.3, 0.4) is 0 Å². The summed E-state index contributed by atoms with van der Waals surface area (Å²) in [5.74, 6) is 0.523. The van der Waals surface area contributed by atoms with Crippen LogP contribution in [0.4, 0.5) is 0 Å². The standard InChI is InChI=1S/C46H63N3O9/c1-4-24-56-46-41(48(2)42(52)28-32-12-11-14-34(27-32)53-3)31-39(47-58-43-16-7-10-25-55-43)37-29-33(13-5-8-22-50)36(15-6-9-23-51)44(45(37)46)38-30-35(17-18-40(38)57-46)54-26-21-49-19-20-49/h4,11-12,14,17-18,27,29-30,33,36,41,43-45,50-51H,1,5-10,13,15-16,19-26,28,31H2,2-3H3. The molecular weight excluding hydrogens is 739 g/mol. The summed E-state index contributed by atoms with van der Waals surface area (Å²) in [5, 5.41) is 24.7. The number of hydrogen-bond acceptors (Lipinski definition) is 11. The lowest BCUT2D eigenvalue weighted by Crippen LogP contribution is -2.69. The van der Waals surface area contributed by atoms with Crippen molar-refractivity contribution in [3.05, 3.63) is 77.9 Å². The van der Waals surface area contributed by atoms with E-state index >= 15 is 0 Å². The number of carbonyl (C=O) groups is 1. The second-order valence-electron chi connectivity index (χ2n) is 16.4. The van der Waals surface area contributed by atoms with Crippen LogP contribution in [-0.2, 0) is 25.5 Å². The molecule has 7 atom stereocenters. The van der Waals surface area contributed by atoms with E-state index in [9.17, 15) is 15.0 Å². The Kier molecular flexibility index (Phi) is 14.5. The summed E-state index contributed by atoms with van der Waals surface area (Å²) in [5.41, 5.74) is 3.64. The van der Waals surface area contributed by atoms with Crippen molar-refractivity contribution in [3.8, 4) is 17.2 Å². The van der Waals surface area contributed by atoms with Crippen molar-refractivity contribution in [2.75, 3.05) is 66.8 Å². The molecule has 5 aliphatic rings. The first kappa shape index (κ1) is 42.2. The molecule has 316 valence electrons. The maximum absolute atomic E-state index is 14.5. The number of carbonyl (C=O) groups excluding carboxylic acids is 1. The minimum atomic E-state index is -1.32. The first-order valence-electron chi connectivity index (χ1n) is 21.5. The molecule has 1 saturated carbocycles. The third-order valence-electron chi connectivity index (χ3n) is 12.6. The van der Waals surface area contributed by atoms with Gasteiger partial charge in [-0.3, -0.25) is 9.69 Å². The molecule has 12 nitrogen and oxygen atoms in total. The summed E-state index contributed by atoms with van der Waals surface area (Å²) in [6.45, 7) is 8.81. The Hall–Kier alpha value is -3.94. The van der Waals surface area contributed by atoms with Crippen molar-refractivity contribution < 1.29 is 43.5 Å². The van der Waals surface area contributed by atoms with Gasteiger partial charge < -0.3 is 43.6 Å². The molecular formula is C46H63N3O9. The molecule has 0 bridgehead atoms. The van der Waals surface area contributed by atoms with Crippen molar-refractivity contribution >= 4 is 11.6 Å². The largest absolute Gasteiger partial charge is 0.497 e. The number of nitrogens with zero attached hydrogens (tertiary/aromatic N) is 3. The Balaban J connectivity index is 1.37. The van der Waals surface area contributed by atoms with Crippen molar-refractivity contribution in [1.29, 1.82) is 0 Å². The lowest BCUT2D eigenvalue weighted by Gasteiger charge is -2.59. The maximum Gasteiger partial charge on any atom is 0.239 e. The van der Waals surface area contributed by atoms with Gasteiger partial charge in [0.15, 0.2) is 0 Å². The number of rotatable bonds is 21. The van der Waals surface area contributed by atoms with Gasteiger partial charge in [0.05, 0.1) is 38.4 Å². The first-order valence-corrected chi connectivity index (χ1v) is 21.5. The molecule has 12 heteroatoms. The third kappa shape index (κ3) is 9.57. The highest BCUT2D eigenvalue weighted by molar-refractivity contribution is 6.03. The topological polar surface area (TPSA) is 132 Å². The van der Waals surface area contributed by atoms with Gasteiger partial charge in [0, 0.05) is 64.2 Å². The second kappa shape index (κ2) is 19.9. The van der Waals surface area contributed by atoms with E-state index in [0.29, 0.717) is 44.0 Å². The van der Waals surface area contributed by atoms with E-state index in [1.165, 1.54) is 0 Å². The van der Waals surface area contributed by atoms with Crippen molar-refractivity contribution in [2.24, 2.45) is 22.9 Å². The predicted molar refractivity (Wildman–Crippen MR) is 221 cm³/mol. The molecule has 58 heavy (non-hydrogen) atoms. The van der Waals surface area contributed by atoms with Crippen LogP contribution in [0.5, 0.6) is 17.2 Å². The van der Waals surface area contributed by atoms with Gasteiger partial charge in [0.1, 0.15) is 29.9 Å². The van der Waals surface area contributed by atoms with Gasteiger partial charge in [-0.05, 0) is 91.8 Å². The number of ether oxygens (including phenoxy) is 5. The smallest absolute Gasteiger partial charge is 0.239 e. The van der Waals surface area contributed by atoms with Gasteiger partial charge in [-0.15, -0.1) is 6.58 Å². The Morgan fingerprint density at radius 2 is 1.90 bits per heavy atom. The highest BCUT2D eigenvalue weighted by Crippen LogP contribution is 2.62. The molecule has 0 radical (unpaired) electrons. The minimum Gasteiger partial charge on any atom is -0.497 e. The van der Waals surface area contributed by atoms with Crippen LogP contribution in [0.15, 0.2) is 71.9 Å². The number of hydrogen-bond donors (Lipinski definition) is 2. The highest BCUT2D eigenvalue weighted by atomic mass is 16.8. The summed E-state index contributed by atoms with van der Waals surface area (Å²) in [7, 11) is 3.46. The molecule has 2 N–H and O–H groups in total. The average Bonchev–Trinajstić information content (AvgIpc) is 4.08. The monoisotopic (exact) mass is 801 g/mol. The first-order chi connectivity index (χ1) is 28.4. The van der Waals surface area contributed by atoms with E-state index in [1.807, 2.05) is 43.4 Å². The number of aliphatic hydroxyl groups excluding tert-OH is 2. The molecule has 0 aromatic heterocycles. The maximum atomic E-state index is 14.5. The number of aliphatic hydroxyl groups is 2. The van der Waals surface area contributed by atoms with Crippen LogP contribution in [0.1, 0.15) is 81.3 Å². The van der Waals surface area contributed by atoms with E-state index in [0.717, 1.165) is 92.7 Å². The van der Waals surface area contributed by atoms with Crippen LogP contribution >= 0.6 is 0 Å². The molecule has 7 unspecified atom stereocenters. The summed E-state index contributed by atoms with van der Waals surface area (Å²) in [4.78, 5) is 24.9. The van der Waals surface area contributed by atoms with Gasteiger partial charge in [-0.2, -0.15) is 0 Å². The number of oxime groups is 1. The van der Waals surface area contributed by atoms with Crippen LogP contribution in [-0.4, -0.2) is 117 Å². The van der Waals surface area contributed by atoms with Gasteiger partial charge in [-0.25, -0.2) is 0 Å². The lowest BCUT2D eigenvalue weighted by molar-refractivity contribution is -0.255. The molecule has 7 rings (SSSR count). The lowest BCUT2D eigenvalue weighted by atomic mass is 9.55. The SMILES string of the molecule is C=CCOC12Oc3ccc(OCCN4CC4)cc3C3C(CCCCO)C(CCCCO)C=C(C(=NOC4CCCCO4)CC1N(C)C(=O)Cc1cccc(OC)c1)C32. The number of allylic oxidation sites excluding steroid dienone is 1. The number of likely N-dealkylation sites (N-methyl/N-ethyl adjacent to an activating group) is 1. The van der Waals surface area contributed by atoms with Crippen LogP contribution in [0, 0.1) is 17.8 Å². The number of amides is 1. The molecule has 3 heterocycles. The molecule has 2 saturated heterocycles. The van der Waals surface area contributed by atoms with Crippen LogP contribution in [0.25, 0.3) is 0 Å². The fraction of sp³-hybridized carbons (Fsp3) is 0.609. The van der Waals surface area contributed by atoms with Crippen molar-refractivity contribution in [3.63, 3.8) is 0 Å². The van der Waals surface area contributed by atoms with Gasteiger partial charge in [-0.1, -0.05) is 42.3 Å². The summed E-state index contributed by atoms with van der Waals surface area (Å²) >= 11 is 0. The van der Waals surface area contributed by atoms with E-state index in [2.05, 4.69) is 23.6 Å². The third-order valence-corrected chi connectivity index (χ3v) is 12.6. The average molecular weight is 802 g/mol. The molecule has 0 spiro atoms. The van der Waals surface area contributed by atoms with Crippen molar-refractivity contribution in [2.45, 2.75) is 94.7 Å². The van der Waals surface area contributed by atoms with Gasteiger partial charge >= 0.3 is 0 Å².